The van der Waals surface area contributed by atoms with Crippen molar-refractivity contribution in [2.45, 2.75) is 25.8 Å². The number of aryl methyl sites for hydroxylation is 1. The van der Waals surface area contributed by atoms with Crippen molar-refractivity contribution in [2.75, 3.05) is 13.7 Å². The molecule has 0 aromatic heterocycles. The van der Waals surface area contributed by atoms with Gasteiger partial charge in [-0.05, 0) is 18.1 Å². The normalized spacial score (nSPS) is 14.7. The second-order valence-corrected chi connectivity index (χ2v) is 3.83. The second-order valence-electron chi connectivity index (χ2n) is 3.83. The number of para-hydroxylation sites is 1. The number of ether oxygens (including phenoxy) is 1. The Balaban J connectivity index is 3.07. The van der Waals surface area contributed by atoms with Crippen LogP contribution >= 0.6 is 0 Å². The first-order valence-corrected chi connectivity index (χ1v) is 5.11. The van der Waals surface area contributed by atoms with Crippen LogP contribution in [0.5, 0.6) is 5.75 Å². The predicted octanol–water partition coefficient (Wildman–Crippen LogP) is 1.43. The Hall–Kier alpha value is -1.06. The molecule has 15 heavy (non-hydrogen) atoms. The lowest BCUT2D eigenvalue weighted by Crippen LogP contribution is -2.30. The standard InChI is InChI=1S/C12H19NO2/c1-8-5-4-6-10(12(8)15-3)9(2)11(13)7-14/h4-6,9,11,14H,7,13H2,1-3H3. The molecule has 3 nitrogen and oxygen atoms in total. The van der Waals surface area contributed by atoms with Crippen molar-refractivity contribution in [1.29, 1.82) is 0 Å². The molecule has 2 unspecified atom stereocenters. The lowest BCUT2D eigenvalue weighted by atomic mass is 9.92. The lowest BCUT2D eigenvalue weighted by molar-refractivity contribution is 0.251. The molecule has 1 aromatic carbocycles. The molecular formula is C12H19NO2. The van der Waals surface area contributed by atoms with E-state index in [0.717, 1.165) is 16.9 Å². The summed E-state index contributed by atoms with van der Waals surface area (Å²) < 4.78 is 5.35. The van der Waals surface area contributed by atoms with Crippen molar-refractivity contribution >= 4 is 0 Å². The minimum absolute atomic E-state index is 0.0156. The highest BCUT2D eigenvalue weighted by molar-refractivity contribution is 5.43. The molecule has 0 amide bonds. The summed E-state index contributed by atoms with van der Waals surface area (Å²) in [5, 5.41) is 9.03. The molecule has 0 saturated carbocycles. The van der Waals surface area contributed by atoms with E-state index in [2.05, 4.69) is 0 Å². The van der Waals surface area contributed by atoms with Gasteiger partial charge in [0.1, 0.15) is 5.75 Å². The van der Waals surface area contributed by atoms with Gasteiger partial charge in [-0.1, -0.05) is 25.1 Å². The summed E-state index contributed by atoms with van der Waals surface area (Å²) in [4.78, 5) is 0. The number of aliphatic hydroxyl groups excluding tert-OH is 1. The zero-order valence-corrected chi connectivity index (χ0v) is 9.53. The molecule has 0 heterocycles. The summed E-state index contributed by atoms with van der Waals surface area (Å²) in [7, 11) is 1.66. The number of rotatable bonds is 4. The number of aliphatic hydroxyl groups is 1. The Morgan fingerprint density at radius 3 is 2.67 bits per heavy atom. The van der Waals surface area contributed by atoms with Crippen molar-refractivity contribution in [3.63, 3.8) is 0 Å². The Kier molecular flexibility index (Phi) is 4.12. The Bertz CT molecular complexity index is 325. The van der Waals surface area contributed by atoms with Crippen molar-refractivity contribution in [1.82, 2.24) is 0 Å². The molecule has 0 aliphatic carbocycles. The average Bonchev–Trinajstić information content (AvgIpc) is 2.26. The molecule has 0 aliphatic heterocycles. The number of benzene rings is 1. The maximum absolute atomic E-state index is 9.03. The summed E-state index contributed by atoms with van der Waals surface area (Å²) in [6.45, 7) is 3.98. The van der Waals surface area contributed by atoms with Gasteiger partial charge in [-0.2, -0.15) is 0 Å². The summed E-state index contributed by atoms with van der Waals surface area (Å²) in [6.07, 6.45) is 0. The first-order chi connectivity index (χ1) is 7.11. The minimum atomic E-state index is -0.249. The highest BCUT2D eigenvalue weighted by Gasteiger charge is 2.18. The van der Waals surface area contributed by atoms with Crippen molar-refractivity contribution in [2.24, 2.45) is 5.73 Å². The van der Waals surface area contributed by atoms with Gasteiger partial charge in [0.25, 0.3) is 0 Å². The van der Waals surface area contributed by atoms with E-state index < -0.39 is 0 Å². The maximum atomic E-state index is 9.03. The SMILES string of the molecule is COc1c(C)cccc1C(C)C(N)CO. The Morgan fingerprint density at radius 2 is 2.13 bits per heavy atom. The Labute approximate surface area is 90.9 Å². The quantitative estimate of drug-likeness (QED) is 0.788. The molecule has 3 heteroatoms. The summed E-state index contributed by atoms with van der Waals surface area (Å²) in [5.41, 5.74) is 7.96. The fourth-order valence-electron chi connectivity index (χ4n) is 1.70. The summed E-state index contributed by atoms with van der Waals surface area (Å²) in [6, 6.07) is 5.72. The van der Waals surface area contributed by atoms with E-state index >= 15 is 0 Å². The third-order valence-corrected chi connectivity index (χ3v) is 2.79. The van der Waals surface area contributed by atoms with E-state index in [0.29, 0.717) is 0 Å². The van der Waals surface area contributed by atoms with Crippen molar-refractivity contribution in [3.8, 4) is 5.75 Å². The van der Waals surface area contributed by atoms with Gasteiger partial charge < -0.3 is 15.6 Å². The van der Waals surface area contributed by atoms with E-state index in [1.54, 1.807) is 7.11 Å². The summed E-state index contributed by atoms with van der Waals surface area (Å²) >= 11 is 0. The van der Waals surface area contributed by atoms with Crippen LogP contribution in [0.3, 0.4) is 0 Å². The van der Waals surface area contributed by atoms with Crippen LogP contribution in [0.25, 0.3) is 0 Å². The van der Waals surface area contributed by atoms with Crippen LogP contribution in [0.1, 0.15) is 24.0 Å². The molecule has 1 rings (SSSR count). The molecule has 0 bridgehead atoms. The molecule has 84 valence electrons. The highest BCUT2D eigenvalue weighted by atomic mass is 16.5. The van der Waals surface area contributed by atoms with Gasteiger partial charge in [0.15, 0.2) is 0 Å². The van der Waals surface area contributed by atoms with Gasteiger partial charge in [-0.3, -0.25) is 0 Å². The maximum Gasteiger partial charge on any atom is 0.125 e. The molecule has 0 fully saturated rings. The van der Waals surface area contributed by atoms with Gasteiger partial charge >= 0.3 is 0 Å². The molecule has 2 atom stereocenters. The zero-order chi connectivity index (χ0) is 11.4. The first kappa shape index (κ1) is 12.0. The molecule has 0 saturated heterocycles. The molecule has 0 spiro atoms. The topological polar surface area (TPSA) is 55.5 Å². The highest BCUT2D eigenvalue weighted by Crippen LogP contribution is 2.30. The van der Waals surface area contributed by atoms with Crippen LogP contribution in [0.15, 0.2) is 18.2 Å². The molecule has 0 radical (unpaired) electrons. The average molecular weight is 209 g/mol. The number of hydrogen-bond donors (Lipinski definition) is 2. The number of methoxy groups -OCH3 is 1. The third kappa shape index (κ3) is 2.49. The molecule has 3 N–H and O–H groups in total. The van der Waals surface area contributed by atoms with Crippen LogP contribution in [-0.2, 0) is 0 Å². The fourth-order valence-corrected chi connectivity index (χ4v) is 1.70. The van der Waals surface area contributed by atoms with Crippen LogP contribution < -0.4 is 10.5 Å². The van der Waals surface area contributed by atoms with Crippen LogP contribution in [0.2, 0.25) is 0 Å². The zero-order valence-electron chi connectivity index (χ0n) is 9.53. The number of hydrogen-bond acceptors (Lipinski definition) is 3. The van der Waals surface area contributed by atoms with Crippen LogP contribution in [0.4, 0.5) is 0 Å². The fraction of sp³-hybridized carbons (Fsp3) is 0.500. The van der Waals surface area contributed by atoms with E-state index in [-0.39, 0.29) is 18.6 Å². The third-order valence-electron chi connectivity index (χ3n) is 2.79. The van der Waals surface area contributed by atoms with Gasteiger partial charge in [-0.25, -0.2) is 0 Å². The Morgan fingerprint density at radius 1 is 1.47 bits per heavy atom. The molecule has 1 aromatic rings. The molecular weight excluding hydrogens is 190 g/mol. The van der Waals surface area contributed by atoms with Crippen LogP contribution in [-0.4, -0.2) is 24.9 Å². The lowest BCUT2D eigenvalue weighted by Gasteiger charge is -2.21. The van der Waals surface area contributed by atoms with Crippen molar-refractivity contribution < 1.29 is 9.84 Å². The largest absolute Gasteiger partial charge is 0.496 e. The second kappa shape index (κ2) is 5.14. The van der Waals surface area contributed by atoms with E-state index in [9.17, 15) is 0 Å². The number of nitrogens with two attached hydrogens (primary N) is 1. The van der Waals surface area contributed by atoms with Gasteiger partial charge in [0.05, 0.1) is 13.7 Å². The van der Waals surface area contributed by atoms with E-state index in [1.165, 1.54) is 0 Å². The predicted molar refractivity (Wildman–Crippen MR) is 61.2 cm³/mol. The first-order valence-electron chi connectivity index (χ1n) is 5.11. The van der Waals surface area contributed by atoms with E-state index in [1.807, 2.05) is 32.0 Å². The van der Waals surface area contributed by atoms with Gasteiger partial charge in [0, 0.05) is 12.0 Å². The molecule has 0 aliphatic rings. The van der Waals surface area contributed by atoms with Crippen LogP contribution in [0, 0.1) is 6.92 Å². The summed E-state index contributed by atoms with van der Waals surface area (Å²) in [5.74, 6) is 0.957. The van der Waals surface area contributed by atoms with Gasteiger partial charge in [0.2, 0.25) is 0 Å². The smallest absolute Gasteiger partial charge is 0.125 e. The van der Waals surface area contributed by atoms with Gasteiger partial charge in [-0.15, -0.1) is 0 Å². The van der Waals surface area contributed by atoms with Crippen molar-refractivity contribution in [3.05, 3.63) is 29.3 Å². The minimum Gasteiger partial charge on any atom is -0.496 e. The van der Waals surface area contributed by atoms with E-state index in [4.69, 9.17) is 15.6 Å². The monoisotopic (exact) mass is 209 g/mol.